The van der Waals surface area contributed by atoms with Crippen molar-refractivity contribution in [1.82, 2.24) is 0 Å². The average Bonchev–Trinajstić information content (AvgIpc) is 2.83. The SMILES string of the molecule is CC1=C(C)C[C-]=C1.CC1=[C-]C(C)C(C)=C1C.Cl.Cl.[CH2]=[Zr+2]. The van der Waals surface area contributed by atoms with Crippen LogP contribution in [-0.4, -0.2) is 4.21 Å². The first-order valence-corrected chi connectivity index (χ1v) is 8.03. The quantitative estimate of drug-likeness (QED) is 0.470. The van der Waals surface area contributed by atoms with E-state index in [1.807, 2.05) is 0 Å². The van der Waals surface area contributed by atoms with Crippen molar-refractivity contribution in [3.05, 3.63) is 46.1 Å². The molecule has 0 aliphatic heterocycles. The Morgan fingerprint density at radius 2 is 1.60 bits per heavy atom. The van der Waals surface area contributed by atoms with Gasteiger partial charge in [0.2, 0.25) is 0 Å². The van der Waals surface area contributed by atoms with Crippen molar-refractivity contribution < 1.29 is 24.2 Å². The van der Waals surface area contributed by atoms with Gasteiger partial charge < -0.3 is 0 Å². The van der Waals surface area contributed by atoms with Gasteiger partial charge in [-0.15, -0.1) is 45.1 Å². The van der Waals surface area contributed by atoms with Crippen LogP contribution in [0.2, 0.25) is 0 Å². The molecule has 0 saturated carbocycles. The molecule has 0 nitrogen and oxygen atoms in total. The molecule has 2 aliphatic rings. The molecule has 0 heterocycles. The van der Waals surface area contributed by atoms with Gasteiger partial charge in [0.05, 0.1) is 0 Å². The Labute approximate surface area is 152 Å². The molecule has 1 atom stereocenters. The predicted molar refractivity (Wildman–Crippen MR) is 92.4 cm³/mol. The van der Waals surface area contributed by atoms with Crippen LogP contribution in [0.15, 0.2) is 33.9 Å². The van der Waals surface area contributed by atoms with Crippen LogP contribution in [0.4, 0.5) is 0 Å². The first-order valence-electron chi connectivity index (χ1n) is 6.29. The third kappa shape index (κ3) is 7.91. The van der Waals surface area contributed by atoms with E-state index in [1.165, 1.54) is 52.1 Å². The molecule has 0 aromatic heterocycles. The topological polar surface area (TPSA) is 0 Å². The molecule has 2 rings (SSSR count). The van der Waals surface area contributed by atoms with Gasteiger partial charge in [-0.1, -0.05) is 33.6 Å². The molecule has 0 radical (unpaired) electrons. The van der Waals surface area contributed by atoms with Gasteiger partial charge in [0.15, 0.2) is 0 Å². The summed E-state index contributed by atoms with van der Waals surface area (Å²) in [5, 5.41) is 0. The maximum absolute atomic E-state index is 3.36. The van der Waals surface area contributed by atoms with Crippen LogP contribution in [-0.2, 0) is 24.2 Å². The van der Waals surface area contributed by atoms with E-state index in [-0.39, 0.29) is 24.8 Å². The van der Waals surface area contributed by atoms with Crippen LogP contribution in [0.3, 0.4) is 0 Å². The minimum absolute atomic E-state index is 0. The molecule has 0 saturated heterocycles. The summed E-state index contributed by atoms with van der Waals surface area (Å²) in [5.41, 5.74) is 7.09. The first-order chi connectivity index (χ1) is 8.43. The number of allylic oxidation sites excluding steroid dienone is 8. The van der Waals surface area contributed by atoms with Gasteiger partial charge in [0.25, 0.3) is 0 Å². The molecular formula is C17H26Cl2Zr. The fourth-order valence-corrected chi connectivity index (χ4v) is 1.78. The Bertz CT molecular complexity index is 415. The monoisotopic (exact) mass is 390 g/mol. The summed E-state index contributed by atoms with van der Waals surface area (Å²) in [6.07, 6.45) is 9.58. The van der Waals surface area contributed by atoms with Gasteiger partial charge in [0.1, 0.15) is 0 Å². The van der Waals surface area contributed by atoms with Gasteiger partial charge in [-0.05, 0) is 0 Å². The number of hydrogen-bond acceptors (Lipinski definition) is 0. The molecule has 0 amide bonds. The van der Waals surface area contributed by atoms with Crippen LogP contribution >= 0.6 is 24.8 Å². The Hall–Kier alpha value is 0.293. The Morgan fingerprint density at radius 3 is 1.70 bits per heavy atom. The van der Waals surface area contributed by atoms with Gasteiger partial charge in [-0.3, -0.25) is 12.2 Å². The van der Waals surface area contributed by atoms with Gasteiger partial charge in [-0.25, -0.2) is 17.2 Å². The molecule has 1 unspecified atom stereocenters. The summed E-state index contributed by atoms with van der Waals surface area (Å²) in [4.78, 5) is 0. The van der Waals surface area contributed by atoms with Crippen molar-refractivity contribution >= 4 is 29.0 Å². The molecule has 0 spiro atoms. The molecule has 2 aliphatic carbocycles. The van der Waals surface area contributed by atoms with Crippen molar-refractivity contribution in [1.29, 1.82) is 0 Å². The van der Waals surface area contributed by atoms with Gasteiger partial charge in [-0.2, -0.15) is 16.7 Å². The van der Waals surface area contributed by atoms with Crippen molar-refractivity contribution in [2.75, 3.05) is 0 Å². The van der Waals surface area contributed by atoms with Crippen molar-refractivity contribution in [2.24, 2.45) is 5.92 Å². The molecule has 3 heteroatoms. The summed E-state index contributed by atoms with van der Waals surface area (Å²) < 4.78 is 3.34. The van der Waals surface area contributed by atoms with E-state index in [4.69, 9.17) is 0 Å². The van der Waals surface area contributed by atoms with Gasteiger partial charge in [0, 0.05) is 0 Å². The second-order valence-corrected chi connectivity index (χ2v) is 4.79. The first kappa shape index (κ1) is 25.3. The Balaban J connectivity index is -0.000000240. The van der Waals surface area contributed by atoms with Crippen LogP contribution in [0.5, 0.6) is 0 Å². The molecule has 0 fully saturated rings. The molecule has 0 N–H and O–H groups in total. The third-order valence-corrected chi connectivity index (χ3v) is 3.60. The fourth-order valence-electron chi connectivity index (χ4n) is 1.78. The van der Waals surface area contributed by atoms with Crippen LogP contribution < -0.4 is 0 Å². The van der Waals surface area contributed by atoms with Crippen LogP contribution in [0.1, 0.15) is 48.0 Å². The summed E-state index contributed by atoms with van der Waals surface area (Å²) in [5.74, 6) is 0.560. The molecule has 20 heavy (non-hydrogen) atoms. The summed E-state index contributed by atoms with van der Waals surface area (Å²) in [7, 11) is 0. The number of rotatable bonds is 0. The Morgan fingerprint density at radius 1 is 1.10 bits per heavy atom. The fraction of sp³-hybridized carbons (Fsp3) is 0.471. The molecule has 112 valence electrons. The minimum atomic E-state index is 0. The van der Waals surface area contributed by atoms with Gasteiger partial charge >= 0.3 is 28.4 Å². The summed E-state index contributed by atoms with van der Waals surface area (Å²) >= 11 is 1.30. The standard InChI is InChI=1S/C9H13.C7H9.CH2.2ClH.Zr/c1-6-5-7(2)9(4)8(6)3;1-6-4-3-5-7(6)2;;;;/h6H,1-4H3;4H,5H2,1-2H3;1H2;2*1H;/q2*-1;;;;+2. The second kappa shape index (κ2) is 13.0. The predicted octanol–water partition coefficient (Wildman–Crippen LogP) is 5.62. The average molecular weight is 393 g/mol. The molecular weight excluding hydrogens is 366 g/mol. The zero-order chi connectivity index (χ0) is 14.3. The van der Waals surface area contributed by atoms with E-state index in [9.17, 15) is 0 Å². The van der Waals surface area contributed by atoms with E-state index in [1.54, 1.807) is 0 Å². The maximum atomic E-state index is 3.36. The zero-order valence-corrected chi connectivity index (χ0v) is 17.5. The molecule has 0 bridgehead atoms. The summed E-state index contributed by atoms with van der Waals surface area (Å²) in [6.45, 7) is 12.9. The van der Waals surface area contributed by atoms with E-state index in [0.717, 1.165) is 6.42 Å². The third-order valence-electron chi connectivity index (χ3n) is 3.60. The van der Waals surface area contributed by atoms with E-state index < -0.39 is 0 Å². The molecule has 0 aromatic carbocycles. The molecule has 0 aromatic rings. The second-order valence-electron chi connectivity index (χ2n) is 4.79. The van der Waals surface area contributed by atoms with Crippen molar-refractivity contribution in [2.45, 2.75) is 48.0 Å². The van der Waals surface area contributed by atoms with Crippen LogP contribution in [0, 0.1) is 18.1 Å². The summed E-state index contributed by atoms with van der Waals surface area (Å²) in [6, 6.07) is 0. The van der Waals surface area contributed by atoms with Crippen molar-refractivity contribution in [3.8, 4) is 0 Å². The normalized spacial score (nSPS) is 19.2. The van der Waals surface area contributed by atoms with Crippen LogP contribution in [0.25, 0.3) is 0 Å². The van der Waals surface area contributed by atoms with E-state index >= 15 is 0 Å². The Kier molecular flexibility index (Phi) is 16.4. The van der Waals surface area contributed by atoms with E-state index in [0.29, 0.717) is 5.92 Å². The number of hydrogen-bond donors (Lipinski definition) is 0. The van der Waals surface area contributed by atoms with E-state index in [2.05, 4.69) is 64.0 Å². The number of halogens is 2. The van der Waals surface area contributed by atoms with Crippen molar-refractivity contribution in [3.63, 3.8) is 0 Å². The zero-order valence-electron chi connectivity index (χ0n) is 13.4.